The van der Waals surface area contributed by atoms with Crippen molar-refractivity contribution < 1.29 is 0 Å². The van der Waals surface area contributed by atoms with Crippen molar-refractivity contribution in [2.45, 2.75) is 45.2 Å². The van der Waals surface area contributed by atoms with Gasteiger partial charge in [-0.1, -0.05) is 37.3 Å². The van der Waals surface area contributed by atoms with Crippen LogP contribution in [0.2, 0.25) is 0 Å². The zero-order chi connectivity index (χ0) is 13.7. The Morgan fingerprint density at radius 1 is 1.32 bits per heavy atom. The van der Waals surface area contributed by atoms with Gasteiger partial charge in [0.15, 0.2) is 0 Å². The third kappa shape index (κ3) is 4.05. The standard InChI is InChI=1S/C17H28N2/c1-14-13-19(12-11-17(14)18-3)15(2)9-10-16-7-5-4-6-8-16/h4-8,14-15,17-18H,9-13H2,1-3H3. The number of aryl methyl sites for hydroxylation is 1. The molecule has 1 heterocycles. The Morgan fingerprint density at radius 2 is 2.05 bits per heavy atom. The van der Waals surface area contributed by atoms with Crippen molar-refractivity contribution in [1.82, 2.24) is 10.2 Å². The maximum absolute atomic E-state index is 3.44. The molecule has 0 radical (unpaired) electrons. The molecule has 1 aromatic rings. The highest BCUT2D eigenvalue weighted by atomic mass is 15.2. The van der Waals surface area contributed by atoms with E-state index in [-0.39, 0.29) is 0 Å². The van der Waals surface area contributed by atoms with E-state index in [4.69, 9.17) is 0 Å². The zero-order valence-electron chi connectivity index (χ0n) is 12.6. The van der Waals surface area contributed by atoms with Crippen LogP contribution >= 0.6 is 0 Å². The van der Waals surface area contributed by atoms with Crippen LogP contribution in [0, 0.1) is 5.92 Å². The average Bonchev–Trinajstić information content (AvgIpc) is 2.45. The van der Waals surface area contributed by atoms with Crippen LogP contribution in [0.15, 0.2) is 30.3 Å². The van der Waals surface area contributed by atoms with E-state index < -0.39 is 0 Å². The molecule has 3 atom stereocenters. The molecule has 2 rings (SSSR count). The van der Waals surface area contributed by atoms with Crippen LogP contribution in [-0.2, 0) is 6.42 Å². The highest BCUT2D eigenvalue weighted by molar-refractivity contribution is 5.14. The number of benzene rings is 1. The molecule has 0 amide bonds. The Kier molecular flexibility index (Phi) is 5.41. The van der Waals surface area contributed by atoms with Gasteiger partial charge in [-0.2, -0.15) is 0 Å². The number of rotatable bonds is 5. The molecule has 0 aromatic heterocycles. The smallest absolute Gasteiger partial charge is 0.0114 e. The fraction of sp³-hybridized carbons (Fsp3) is 0.647. The molecule has 1 fully saturated rings. The second kappa shape index (κ2) is 7.06. The molecule has 0 aliphatic carbocycles. The monoisotopic (exact) mass is 260 g/mol. The Bertz CT molecular complexity index is 363. The summed E-state index contributed by atoms with van der Waals surface area (Å²) in [6.07, 6.45) is 3.75. The largest absolute Gasteiger partial charge is 0.317 e. The van der Waals surface area contributed by atoms with Gasteiger partial charge in [-0.15, -0.1) is 0 Å². The molecule has 1 aliphatic heterocycles. The van der Waals surface area contributed by atoms with Crippen molar-refractivity contribution in [1.29, 1.82) is 0 Å². The third-order valence-corrected chi connectivity index (χ3v) is 4.62. The van der Waals surface area contributed by atoms with Gasteiger partial charge in [0.25, 0.3) is 0 Å². The molecule has 1 N–H and O–H groups in total. The lowest BCUT2D eigenvalue weighted by Gasteiger charge is -2.40. The van der Waals surface area contributed by atoms with Crippen LogP contribution in [-0.4, -0.2) is 37.1 Å². The van der Waals surface area contributed by atoms with Crippen molar-refractivity contribution in [3.63, 3.8) is 0 Å². The van der Waals surface area contributed by atoms with E-state index in [9.17, 15) is 0 Å². The van der Waals surface area contributed by atoms with Crippen molar-refractivity contribution in [2.75, 3.05) is 20.1 Å². The fourth-order valence-corrected chi connectivity index (χ4v) is 3.21. The first-order chi connectivity index (χ1) is 9.20. The predicted molar refractivity (Wildman–Crippen MR) is 82.4 cm³/mol. The molecule has 1 saturated heterocycles. The van der Waals surface area contributed by atoms with Crippen LogP contribution in [0.4, 0.5) is 0 Å². The van der Waals surface area contributed by atoms with Crippen LogP contribution in [0.3, 0.4) is 0 Å². The molecule has 2 heteroatoms. The van der Waals surface area contributed by atoms with Crippen LogP contribution in [0.5, 0.6) is 0 Å². The number of likely N-dealkylation sites (tertiary alicyclic amines) is 1. The molecule has 1 aliphatic rings. The summed E-state index contributed by atoms with van der Waals surface area (Å²) in [6, 6.07) is 12.3. The van der Waals surface area contributed by atoms with Crippen LogP contribution in [0.1, 0.15) is 32.3 Å². The maximum atomic E-state index is 3.44. The lowest BCUT2D eigenvalue weighted by atomic mass is 9.92. The van der Waals surface area contributed by atoms with Gasteiger partial charge in [0, 0.05) is 18.6 Å². The highest BCUT2D eigenvalue weighted by Crippen LogP contribution is 2.20. The van der Waals surface area contributed by atoms with Gasteiger partial charge in [-0.3, -0.25) is 0 Å². The van der Waals surface area contributed by atoms with Crippen molar-refractivity contribution in [2.24, 2.45) is 5.92 Å². The first kappa shape index (κ1) is 14.5. The van der Waals surface area contributed by atoms with E-state index in [1.54, 1.807) is 0 Å². The van der Waals surface area contributed by atoms with Crippen molar-refractivity contribution in [3.8, 4) is 0 Å². The first-order valence-corrected chi connectivity index (χ1v) is 7.66. The predicted octanol–water partition coefficient (Wildman–Crippen LogP) is 2.94. The quantitative estimate of drug-likeness (QED) is 0.875. The second-order valence-electron chi connectivity index (χ2n) is 6.03. The minimum atomic E-state index is 0.695. The SMILES string of the molecule is CNC1CCN(C(C)CCc2ccccc2)CC1C. The van der Waals surface area contributed by atoms with Gasteiger partial charge < -0.3 is 10.2 Å². The lowest BCUT2D eigenvalue weighted by molar-refractivity contribution is 0.110. The van der Waals surface area contributed by atoms with Gasteiger partial charge in [0.2, 0.25) is 0 Å². The number of hydrogen-bond acceptors (Lipinski definition) is 2. The summed E-state index contributed by atoms with van der Waals surface area (Å²) in [5, 5.41) is 3.44. The lowest BCUT2D eigenvalue weighted by Crippen LogP contribution is -2.50. The van der Waals surface area contributed by atoms with E-state index in [1.165, 1.54) is 37.9 Å². The minimum Gasteiger partial charge on any atom is -0.317 e. The van der Waals surface area contributed by atoms with E-state index >= 15 is 0 Å². The Balaban J connectivity index is 1.79. The highest BCUT2D eigenvalue weighted by Gasteiger charge is 2.27. The summed E-state index contributed by atoms with van der Waals surface area (Å²) in [6.45, 7) is 7.24. The molecule has 19 heavy (non-hydrogen) atoms. The molecule has 0 bridgehead atoms. The van der Waals surface area contributed by atoms with E-state index in [2.05, 4.69) is 61.4 Å². The number of piperidine rings is 1. The molecule has 0 saturated carbocycles. The van der Waals surface area contributed by atoms with Crippen molar-refractivity contribution in [3.05, 3.63) is 35.9 Å². The van der Waals surface area contributed by atoms with Crippen molar-refractivity contribution >= 4 is 0 Å². The molecule has 106 valence electrons. The summed E-state index contributed by atoms with van der Waals surface area (Å²) in [5.41, 5.74) is 1.47. The Labute approximate surface area is 118 Å². The summed E-state index contributed by atoms with van der Waals surface area (Å²) < 4.78 is 0. The molecule has 2 nitrogen and oxygen atoms in total. The molecule has 1 aromatic carbocycles. The number of nitrogens with one attached hydrogen (secondary N) is 1. The number of nitrogens with zero attached hydrogens (tertiary/aromatic N) is 1. The first-order valence-electron chi connectivity index (χ1n) is 7.66. The maximum Gasteiger partial charge on any atom is 0.0114 e. The van der Waals surface area contributed by atoms with E-state index in [0.29, 0.717) is 12.1 Å². The molecule has 0 spiro atoms. The van der Waals surface area contributed by atoms with Gasteiger partial charge in [0.05, 0.1) is 0 Å². The average molecular weight is 260 g/mol. The van der Waals surface area contributed by atoms with E-state index in [1.807, 2.05) is 0 Å². The topological polar surface area (TPSA) is 15.3 Å². The van der Waals surface area contributed by atoms with E-state index in [0.717, 1.165) is 5.92 Å². The van der Waals surface area contributed by atoms with Gasteiger partial charge in [-0.25, -0.2) is 0 Å². The summed E-state index contributed by atoms with van der Waals surface area (Å²) >= 11 is 0. The summed E-state index contributed by atoms with van der Waals surface area (Å²) in [7, 11) is 2.09. The molecular weight excluding hydrogens is 232 g/mol. The Morgan fingerprint density at radius 3 is 2.68 bits per heavy atom. The zero-order valence-corrected chi connectivity index (χ0v) is 12.6. The molecule has 3 unspecified atom stereocenters. The minimum absolute atomic E-state index is 0.695. The Hall–Kier alpha value is -0.860. The van der Waals surface area contributed by atoms with Gasteiger partial charge >= 0.3 is 0 Å². The second-order valence-corrected chi connectivity index (χ2v) is 6.03. The third-order valence-electron chi connectivity index (χ3n) is 4.62. The van der Waals surface area contributed by atoms with Gasteiger partial charge in [-0.05, 0) is 51.3 Å². The summed E-state index contributed by atoms with van der Waals surface area (Å²) in [4.78, 5) is 2.67. The fourth-order valence-electron chi connectivity index (χ4n) is 3.21. The number of hydrogen-bond donors (Lipinski definition) is 1. The van der Waals surface area contributed by atoms with Crippen LogP contribution in [0.25, 0.3) is 0 Å². The van der Waals surface area contributed by atoms with Gasteiger partial charge in [0.1, 0.15) is 0 Å². The molecular formula is C17H28N2. The van der Waals surface area contributed by atoms with Crippen LogP contribution < -0.4 is 5.32 Å². The summed E-state index contributed by atoms with van der Waals surface area (Å²) in [5.74, 6) is 0.762. The normalized spacial score (nSPS) is 26.3.